The fraction of sp³-hybridized carbons (Fsp3) is 0.263. The molecule has 2 aromatic carbocycles. The van der Waals surface area contributed by atoms with Crippen LogP contribution in [0.25, 0.3) is 10.2 Å². The summed E-state index contributed by atoms with van der Waals surface area (Å²) in [6.45, 7) is 0.432. The highest BCUT2D eigenvalue weighted by molar-refractivity contribution is 7.89. The number of hydrogen-bond donors (Lipinski definition) is 1. The number of fused-ring (bicyclic) bond motifs is 1. The molecule has 0 radical (unpaired) electrons. The molecule has 1 amide bonds. The molecule has 1 fully saturated rings. The van der Waals surface area contributed by atoms with Gasteiger partial charge in [-0.05, 0) is 49.2 Å². The Hall–Kier alpha value is -2.36. The lowest BCUT2D eigenvalue weighted by Crippen LogP contribution is -2.43. The Bertz CT molecular complexity index is 1080. The van der Waals surface area contributed by atoms with Crippen molar-refractivity contribution in [2.24, 2.45) is 5.92 Å². The summed E-state index contributed by atoms with van der Waals surface area (Å²) in [6, 6.07) is 12.3. The van der Waals surface area contributed by atoms with Crippen molar-refractivity contribution in [3.8, 4) is 0 Å². The van der Waals surface area contributed by atoms with E-state index in [1.165, 1.54) is 27.8 Å². The van der Waals surface area contributed by atoms with E-state index in [9.17, 15) is 17.6 Å². The van der Waals surface area contributed by atoms with E-state index in [-0.39, 0.29) is 17.3 Å². The number of halogens is 1. The Morgan fingerprint density at radius 2 is 1.93 bits per heavy atom. The minimum Gasteiger partial charge on any atom is -0.302 e. The van der Waals surface area contributed by atoms with Crippen LogP contribution >= 0.6 is 11.3 Å². The molecule has 1 atom stereocenters. The predicted octanol–water partition coefficient (Wildman–Crippen LogP) is 3.47. The maximum Gasteiger partial charge on any atom is 0.243 e. The van der Waals surface area contributed by atoms with Crippen LogP contribution in [0.2, 0.25) is 0 Å². The van der Waals surface area contributed by atoms with E-state index in [1.54, 1.807) is 0 Å². The first kappa shape index (κ1) is 19.0. The SMILES string of the molecule is O=C(Nc1nc2ccccc2s1)C1CCCN(S(=O)(=O)c2ccc(F)cc2)C1. The van der Waals surface area contributed by atoms with Crippen molar-refractivity contribution in [3.05, 3.63) is 54.3 Å². The molecule has 1 unspecified atom stereocenters. The lowest BCUT2D eigenvalue weighted by Gasteiger charge is -2.31. The molecule has 28 heavy (non-hydrogen) atoms. The number of piperidine rings is 1. The highest BCUT2D eigenvalue weighted by Gasteiger charge is 2.33. The van der Waals surface area contributed by atoms with Crippen LogP contribution in [0.4, 0.5) is 9.52 Å². The van der Waals surface area contributed by atoms with E-state index >= 15 is 0 Å². The van der Waals surface area contributed by atoms with Crippen molar-refractivity contribution < 1.29 is 17.6 Å². The molecule has 1 aliphatic rings. The summed E-state index contributed by atoms with van der Waals surface area (Å²) in [5, 5.41) is 3.32. The largest absolute Gasteiger partial charge is 0.302 e. The van der Waals surface area contributed by atoms with E-state index in [1.807, 2.05) is 24.3 Å². The second-order valence-corrected chi connectivity index (χ2v) is 9.60. The monoisotopic (exact) mass is 419 g/mol. The van der Waals surface area contributed by atoms with Gasteiger partial charge in [0.05, 0.1) is 21.0 Å². The zero-order chi connectivity index (χ0) is 19.7. The quantitative estimate of drug-likeness (QED) is 0.702. The van der Waals surface area contributed by atoms with Gasteiger partial charge in [-0.2, -0.15) is 4.31 Å². The molecule has 6 nitrogen and oxygen atoms in total. The molecule has 4 rings (SSSR count). The summed E-state index contributed by atoms with van der Waals surface area (Å²) in [5.41, 5.74) is 0.812. The minimum absolute atomic E-state index is 0.0288. The van der Waals surface area contributed by atoms with Gasteiger partial charge in [-0.1, -0.05) is 23.5 Å². The molecule has 1 N–H and O–H groups in total. The molecule has 146 valence electrons. The van der Waals surface area contributed by atoms with Crippen molar-refractivity contribution in [2.45, 2.75) is 17.7 Å². The lowest BCUT2D eigenvalue weighted by atomic mass is 9.99. The number of benzene rings is 2. The topological polar surface area (TPSA) is 79.4 Å². The van der Waals surface area contributed by atoms with E-state index in [0.717, 1.165) is 22.3 Å². The molecular formula is C19H18FN3O3S2. The van der Waals surface area contributed by atoms with Crippen molar-refractivity contribution >= 4 is 42.6 Å². The molecule has 0 saturated carbocycles. The Labute approximate surface area is 166 Å². The van der Waals surface area contributed by atoms with Gasteiger partial charge >= 0.3 is 0 Å². The number of hydrogen-bond acceptors (Lipinski definition) is 5. The molecule has 1 aliphatic heterocycles. The highest BCUT2D eigenvalue weighted by Crippen LogP contribution is 2.28. The first-order valence-corrected chi connectivity index (χ1v) is 11.1. The Morgan fingerprint density at radius 3 is 2.68 bits per heavy atom. The maximum atomic E-state index is 13.1. The van der Waals surface area contributed by atoms with Crippen LogP contribution in [0.3, 0.4) is 0 Å². The van der Waals surface area contributed by atoms with Crippen molar-refractivity contribution in [1.29, 1.82) is 0 Å². The summed E-state index contributed by atoms with van der Waals surface area (Å²) in [6.07, 6.45) is 1.19. The van der Waals surface area contributed by atoms with E-state index < -0.39 is 21.8 Å². The van der Waals surface area contributed by atoms with Gasteiger partial charge in [-0.15, -0.1) is 0 Å². The number of nitrogens with one attached hydrogen (secondary N) is 1. The number of carbonyl (C=O) groups excluding carboxylic acids is 1. The zero-order valence-corrected chi connectivity index (χ0v) is 16.5. The average molecular weight is 420 g/mol. The maximum absolute atomic E-state index is 13.1. The second kappa shape index (κ2) is 7.57. The van der Waals surface area contributed by atoms with Crippen LogP contribution in [0.1, 0.15) is 12.8 Å². The fourth-order valence-corrected chi connectivity index (χ4v) is 5.66. The van der Waals surface area contributed by atoms with Gasteiger partial charge in [0, 0.05) is 13.1 Å². The number of aromatic nitrogens is 1. The summed E-state index contributed by atoms with van der Waals surface area (Å²) < 4.78 is 41.0. The molecule has 3 aromatic rings. The number of nitrogens with zero attached hydrogens (tertiary/aromatic N) is 2. The number of anilines is 1. The van der Waals surface area contributed by atoms with Gasteiger partial charge in [0.2, 0.25) is 15.9 Å². The minimum atomic E-state index is -3.76. The number of carbonyl (C=O) groups is 1. The molecule has 2 heterocycles. The lowest BCUT2D eigenvalue weighted by molar-refractivity contribution is -0.120. The summed E-state index contributed by atoms with van der Waals surface area (Å²) in [7, 11) is -3.76. The number of amides is 1. The zero-order valence-electron chi connectivity index (χ0n) is 14.8. The van der Waals surface area contributed by atoms with Crippen molar-refractivity contribution in [3.63, 3.8) is 0 Å². The Balaban J connectivity index is 1.48. The first-order chi connectivity index (χ1) is 13.4. The third kappa shape index (κ3) is 3.78. The third-order valence-corrected chi connectivity index (χ3v) is 7.56. The van der Waals surface area contributed by atoms with Crippen molar-refractivity contribution in [2.75, 3.05) is 18.4 Å². The Kier molecular flexibility index (Phi) is 5.13. The van der Waals surface area contributed by atoms with Crippen LogP contribution in [-0.4, -0.2) is 36.7 Å². The second-order valence-electron chi connectivity index (χ2n) is 6.63. The van der Waals surface area contributed by atoms with Gasteiger partial charge in [0.15, 0.2) is 5.13 Å². The molecule has 9 heteroatoms. The smallest absolute Gasteiger partial charge is 0.243 e. The fourth-order valence-electron chi connectivity index (χ4n) is 3.26. The van der Waals surface area contributed by atoms with Gasteiger partial charge in [0.1, 0.15) is 5.82 Å². The average Bonchev–Trinajstić information content (AvgIpc) is 3.10. The summed E-state index contributed by atoms with van der Waals surface area (Å²) >= 11 is 1.38. The normalized spacial score (nSPS) is 18.2. The van der Waals surface area contributed by atoms with Crippen LogP contribution in [0.15, 0.2) is 53.4 Å². The molecule has 1 saturated heterocycles. The summed E-state index contributed by atoms with van der Waals surface area (Å²) in [5.74, 6) is -1.19. The highest BCUT2D eigenvalue weighted by atomic mass is 32.2. The van der Waals surface area contributed by atoms with Gasteiger partial charge in [-0.25, -0.2) is 17.8 Å². The predicted molar refractivity (Wildman–Crippen MR) is 106 cm³/mol. The molecule has 1 aromatic heterocycles. The molecule has 0 spiro atoms. The number of thiazole rings is 1. The number of sulfonamides is 1. The van der Waals surface area contributed by atoms with Gasteiger partial charge < -0.3 is 5.32 Å². The molecular weight excluding hydrogens is 401 g/mol. The first-order valence-electron chi connectivity index (χ1n) is 8.85. The van der Waals surface area contributed by atoms with Crippen LogP contribution in [0, 0.1) is 11.7 Å². The molecule has 0 aliphatic carbocycles. The number of rotatable bonds is 4. The van der Waals surface area contributed by atoms with Crippen LogP contribution in [0.5, 0.6) is 0 Å². The Morgan fingerprint density at radius 1 is 1.18 bits per heavy atom. The van der Waals surface area contributed by atoms with Crippen molar-refractivity contribution in [1.82, 2.24) is 9.29 Å². The van der Waals surface area contributed by atoms with Crippen LogP contribution in [-0.2, 0) is 14.8 Å². The van der Waals surface area contributed by atoms with Crippen LogP contribution < -0.4 is 5.32 Å². The van der Waals surface area contributed by atoms with Gasteiger partial charge in [-0.3, -0.25) is 4.79 Å². The summed E-state index contributed by atoms with van der Waals surface area (Å²) in [4.78, 5) is 17.1. The molecule has 0 bridgehead atoms. The van der Waals surface area contributed by atoms with E-state index in [4.69, 9.17) is 0 Å². The third-order valence-electron chi connectivity index (χ3n) is 4.73. The number of para-hydroxylation sites is 1. The van der Waals surface area contributed by atoms with E-state index in [0.29, 0.717) is 24.5 Å². The standard InChI is InChI=1S/C19H18FN3O3S2/c20-14-7-9-15(10-8-14)28(25,26)23-11-3-4-13(12-23)18(24)22-19-21-16-5-1-2-6-17(16)27-19/h1-2,5-10,13H,3-4,11-12H2,(H,21,22,24). The van der Waals surface area contributed by atoms with Gasteiger partial charge in [0.25, 0.3) is 0 Å². The van der Waals surface area contributed by atoms with E-state index in [2.05, 4.69) is 10.3 Å².